The van der Waals surface area contributed by atoms with Gasteiger partial charge in [0.05, 0.1) is 0 Å². The normalized spacial score (nSPS) is 11.2. The average Bonchev–Trinajstić information content (AvgIpc) is 3.15. The molecule has 22 heavy (non-hydrogen) atoms. The van der Waals surface area contributed by atoms with E-state index in [2.05, 4.69) is 74.5 Å². The van der Waals surface area contributed by atoms with E-state index in [4.69, 9.17) is 0 Å². The Balaban J connectivity index is 1.99. The highest BCUT2D eigenvalue weighted by Gasteiger charge is 2.11. The molecule has 0 aliphatic heterocycles. The van der Waals surface area contributed by atoms with Crippen molar-refractivity contribution < 1.29 is 0 Å². The minimum absolute atomic E-state index is 1.34. The van der Waals surface area contributed by atoms with E-state index in [1.54, 1.807) is 0 Å². The van der Waals surface area contributed by atoms with Gasteiger partial charge in [-0.3, -0.25) is 0 Å². The Morgan fingerprint density at radius 1 is 0.545 bits per heavy atom. The van der Waals surface area contributed by atoms with Crippen molar-refractivity contribution in [2.24, 2.45) is 0 Å². The van der Waals surface area contributed by atoms with Crippen LogP contribution in [-0.2, 0) is 0 Å². The Bertz CT molecular complexity index is 878. The van der Waals surface area contributed by atoms with Crippen molar-refractivity contribution in [1.82, 2.24) is 0 Å². The van der Waals surface area contributed by atoms with E-state index >= 15 is 0 Å². The molecule has 108 valence electrons. The molecule has 0 aliphatic carbocycles. The van der Waals surface area contributed by atoms with Gasteiger partial charge in [-0.25, -0.2) is 0 Å². The Morgan fingerprint density at radius 3 is 1.36 bits per heavy atom. The summed E-state index contributed by atoms with van der Waals surface area (Å²) < 4.78 is 0. The molecule has 0 bridgehead atoms. The molecule has 2 aromatic heterocycles. The predicted octanol–water partition coefficient (Wildman–Crippen LogP) is 6.91. The second kappa shape index (κ2) is 5.38. The summed E-state index contributed by atoms with van der Waals surface area (Å²) in [6.45, 7) is 4.33. The molecule has 2 heteroatoms. The van der Waals surface area contributed by atoms with Crippen molar-refractivity contribution in [3.63, 3.8) is 0 Å². The zero-order valence-electron chi connectivity index (χ0n) is 12.6. The number of hydrogen-bond acceptors (Lipinski definition) is 2. The van der Waals surface area contributed by atoms with Crippen LogP contribution in [0.1, 0.15) is 9.75 Å². The summed E-state index contributed by atoms with van der Waals surface area (Å²) in [4.78, 5) is 5.42. The Morgan fingerprint density at radius 2 is 1.00 bits per heavy atom. The van der Waals surface area contributed by atoms with Gasteiger partial charge in [0.2, 0.25) is 0 Å². The molecule has 0 radical (unpaired) electrons. The van der Waals surface area contributed by atoms with E-state index in [1.165, 1.54) is 41.4 Å². The smallest absolute Gasteiger partial charge is 0.0351 e. The fraction of sp³-hybridized carbons (Fsp3) is 0.100. The number of fused-ring (bicyclic) bond motifs is 1. The third-order valence-corrected chi connectivity index (χ3v) is 6.00. The molecule has 0 amide bonds. The zero-order chi connectivity index (χ0) is 15.1. The van der Waals surface area contributed by atoms with Crippen molar-refractivity contribution in [3.8, 4) is 20.9 Å². The summed E-state index contributed by atoms with van der Waals surface area (Å²) in [7, 11) is 0. The molecule has 0 nitrogen and oxygen atoms in total. The lowest BCUT2D eigenvalue weighted by Crippen LogP contribution is -1.82. The molecule has 0 aliphatic rings. The van der Waals surface area contributed by atoms with E-state index < -0.39 is 0 Å². The Hall–Kier alpha value is -1.90. The lowest BCUT2D eigenvalue weighted by atomic mass is 9.98. The monoisotopic (exact) mass is 320 g/mol. The van der Waals surface area contributed by atoms with Gasteiger partial charge >= 0.3 is 0 Å². The zero-order valence-corrected chi connectivity index (χ0v) is 14.2. The lowest BCUT2D eigenvalue weighted by molar-refractivity contribution is 1.64. The summed E-state index contributed by atoms with van der Waals surface area (Å²) >= 11 is 3.73. The molecule has 4 aromatic rings. The summed E-state index contributed by atoms with van der Waals surface area (Å²) in [6, 6.07) is 22.2. The molecular formula is C20H16S2. The molecule has 0 unspecified atom stereocenters. The number of rotatable bonds is 2. The van der Waals surface area contributed by atoms with Crippen LogP contribution in [0.2, 0.25) is 0 Å². The number of thiophene rings is 2. The number of hydrogen-bond donors (Lipinski definition) is 0. The van der Waals surface area contributed by atoms with Crippen LogP contribution in [0.25, 0.3) is 31.7 Å². The second-order valence-corrected chi connectivity index (χ2v) is 8.10. The highest BCUT2D eigenvalue weighted by atomic mass is 32.1. The fourth-order valence-electron chi connectivity index (χ4n) is 2.89. The maximum absolute atomic E-state index is 2.28. The van der Waals surface area contributed by atoms with Gasteiger partial charge in [0.1, 0.15) is 0 Å². The lowest BCUT2D eigenvalue weighted by Gasteiger charge is -2.09. The van der Waals surface area contributed by atoms with Gasteiger partial charge in [-0.1, -0.05) is 36.4 Å². The van der Waals surface area contributed by atoms with Crippen molar-refractivity contribution in [2.75, 3.05) is 0 Å². The fourth-order valence-corrected chi connectivity index (χ4v) is 4.70. The van der Waals surface area contributed by atoms with Crippen LogP contribution >= 0.6 is 22.7 Å². The standard InChI is InChI=1S/C20H16S2/c1-13-7-11-19(21-13)17-9-10-18(20-12-8-14(2)22-20)16-6-4-3-5-15(16)17/h3-12H,1-2H3. The van der Waals surface area contributed by atoms with E-state index in [0.717, 1.165) is 0 Å². The van der Waals surface area contributed by atoms with Gasteiger partial charge in [-0.15, -0.1) is 22.7 Å². The maximum atomic E-state index is 2.28. The topological polar surface area (TPSA) is 0 Å². The first kappa shape index (κ1) is 13.7. The first-order valence-corrected chi connectivity index (χ1v) is 9.01. The van der Waals surface area contributed by atoms with Crippen LogP contribution in [-0.4, -0.2) is 0 Å². The molecular weight excluding hydrogens is 304 g/mol. The molecule has 0 atom stereocenters. The first-order valence-electron chi connectivity index (χ1n) is 7.38. The van der Waals surface area contributed by atoms with Crippen molar-refractivity contribution >= 4 is 33.4 Å². The highest BCUT2D eigenvalue weighted by molar-refractivity contribution is 7.16. The van der Waals surface area contributed by atoms with Crippen LogP contribution < -0.4 is 0 Å². The van der Waals surface area contributed by atoms with Gasteiger partial charge < -0.3 is 0 Å². The number of benzene rings is 2. The third-order valence-electron chi connectivity index (χ3n) is 3.94. The molecule has 4 rings (SSSR count). The number of aryl methyl sites for hydroxylation is 2. The van der Waals surface area contributed by atoms with Gasteiger partial charge in [-0.2, -0.15) is 0 Å². The quantitative estimate of drug-likeness (QED) is 0.376. The van der Waals surface area contributed by atoms with Crippen LogP contribution in [0.15, 0.2) is 60.7 Å². The molecule has 0 spiro atoms. The molecule has 2 aromatic carbocycles. The van der Waals surface area contributed by atoms with Crippen molar-refractivity contribution in [3.05, 3.63) is 70.4 Å². The molecule has 0 fully saturated rings. The third kappa shape index (κ3) is 2.29. The second-order valence-electron chi connectivity index (χ2n) is 5.53. The Kier molecular flexibility index (Phi) is 3.36. The van der Waals surface area contributed by atoms with Crippen LogP contribution in [0.4, 0.5) is 0 Å². The predicted molar refractivity (Wildman–Crippen MR) is 100 cm³/mol. The van der Waals surface area contributed by atoms with E-state index in [-0.39, 0.29) is 0 Å². The summed E-state index contributed by atoms with van der Waals surface area (Å²) in [5.74, 6) is 0. The SMILES string of the molecule is Cc1ccc(-c2ccc(-c3ccc(C)s3)c3ccccc23)s1. The summed E-state index contributed by atoms with van der Waals surface area (Å²) in [5.41, 5.74) is 2.68. The van der Waals surface area contributed by atoms with Crippen molar-refractivity contribution in [2.45, 2.75) is 13.8 Å². The highest BCUT2D eigenvalue weighted by Crippen LogP contribution is 2.39. The molecule has 2 heterocycles. The van der Waals surface area contributed by atoms with Gasteiger partial charge in [0.25, 0.3) is 0 Å². The maximum Gasteiger partial charge on any atom is 0.0351 e. The molecule has 0 saturated heterocycles. The molecule has 0 saturated carbocycles. The average molecular weight is 320 g/mol. The van der Waals surface area contributed by atoms with Crippen LogP contribution in [0, 0.1) is 13.8 Å². The van der Waals surface area contributed by atoms with Crippen LogP contribution in [0.5, 0.6) is 0 Å². The summed E-state index contributed by atoms with van der Waals surface area (Å²) in [6.07, 6.45) is 0. The van der Waals surface area contributed by atoms with Gasteiger partial charge in [0.15, 0.2) is 0 Å². The Labute approximate surface area is 138 Å². The summed E-state index contributed by atoms with van der Waals surface area (Å²) in [5, 5.41) is 2.68. The van der Waals surface area contributed by atoms with Gasteiger partial charge in [-0.05, 0) is 60.0 Å². The van der Waals surface area contributed by atoms with Crippen LogP contribution in [0.3, 0.4) is 0 Å². The first-order chi connectivity index (χ1) is 10.7. The van der Waals surface area contributed by atoms with E-state index in [9.17, 15) is 0 Å². The van der Waals surface area contributed by atoms with Crippen molar-refractivity contribution in [1.29, 1.82) is 0 Å². The van der Waals surface area contributed by atoms with Gasteiger partial charge in [0, 0.05) is 19.5 Å². The van der Waals surface area contributed by atoms with E-state index in [1.807, 2.05) is 22.7 Å². The molecule has 0 N–H and O–H groups in total. The largest absolute Gasteiger partial charge is 0.141 e. The van der Waals surface area contributed by atoms with E-state index in [0.29, 0.717) is 0 Å². The minimum atomic E-state index is 1.34. The minimum Gasteiger partial charge on any atom is -0.141 e.